The predicted molar refractivity (Wildman–Crippen MR) is 118 cm³/mol. The van der Waals surface area contributed by atoms with E-state index < -0.39 is 0 Å². The van der Waals surface area contributed by atoms with Gasteiger partial charge in [0.2, 0.25) is 0 Å². The Bertz CT molecular complexity index is 1220. The van der Waals surface area contributed by atoms with Gasteiger partial charge in [0.1, 0.15) is 0 Å². The first kappa shape index (κ1) is 18.7. The van der Waals surface area contributed by atoms with Crippen molar-refractivity contribution < 1.29 is 4.79 Å². The van der Waals surface area contributed by atoms with Gasteiger partial charge in [0.25, 0.3) is 0 Å². The number of halogens is 1. The summed E-state index contributed by atoms with van der Waals surface area (Å²) in [6, 6.07) is 13.4. The highest BCUT2D eigenvalue weighted by atomic mass is 35.5. The maximum absolute atomic E-state index is 12.7. The largest absolute Gasteiger partial charge is 0.290 e. The van der Waals surface area contributed by atoms with E-state index in [0.717, 1.165) is 27.5 Å². The fourth-order valence-corrected chi connectivity index (χ4v) is 4.06. The van der Waals surface area contributed by atoms with E-state index in [4.69, 9.17) is 16.6 Å². The number of carbonyl (C=O) groups excluding carboxylic acids is 1. The minimum absolute atomic E-state index is 0.0212. The Morgan fingerprint density at radius 2 is 1.82 bits per heavy atom. The molecule has 0 saturated heterocycles. The Balaban J connectivity index is 1.77. The molecule has 0 aliphatic carbocycles. The summed E-state index contributed by atoms with van der Waals surface area (Å²) in [5, 5.41) is 0.683. The van der Waals surface area contributed by atoms with Gasteiger partial charge in [0, 0.05) is 27.2 Å². The third-order valence-corrected chi connectivity index (χ3v) is 5.93. The van der Waals surface area contributed by atoms with Crippen LogP contribution in [0.25, 0.3) is 22.3 Å². The summed E-state index contributed by atoms with van der Waals surface area (Å²) in [6.45, 7) is 6.11. The first-order valence-electron chi connectivity index (χ1n) is 8.96. The number of aromatic nitrogens is 2. The number of aryl methyl sites for hydroxylation is 3. The zero-order valence-electron chi connectivity index (χ0n) is 15.9. The molecule has 2 aromatic heterocycles. The van der Waals surface area contributed by atoms with Gasteiger partial charge in [0.15, 0.2) is 10.7 Å². The van der Waals surface area contributed by atoms with Crippen LogP contribution in [0.5, 0.6) is 0 Å². The molecule has 0 amide bonds. The van der Waals surface area contributed by atoms with Crippen LogP contribution in [0.4, 0.5) is 0 Å². The van der Waals surface area contributed by atoms with E-state index in [2.05, 4.69) is 6.92 Å². The van der Waals surface area contributed by atoms with E-state index in [0.29, 0.717) is 10.6 Å². The fourth-order valence-electron chi connectivity index (χ4n) is 3.10. The van der Waals surface area contributed by atoms with Gasteiger partial charge < -0.3 is 0 Å². The van der Waals surface area contributed by atoms with Crippen LogP contribution in [0, 0.1) is 20.8 Å². The minimum atomic E-state index is -0.0212. The number of thiazole rings is 1. The number of hydrogen-bond acceptors (Lipinski definition) is 3. The van der Waals surface area contributed by atoms with Crippen LogP contribution in [-0.2, 0) is 0 Å². The standard InChI is InChI=1S/C23H19ClN2OS/c1-14-4-5-18(12-15(14)2)21(27)11-10-20-22(17-6-8-19(24)9-7-17)25-23-26(20)13-16(3)28-23/h4-13H,1-3H3. The topological polar surface area (TPSA) is 34.4 Å². The molecule has 0 aliphatic heterocycles. The molecule has 0 N–H and O–H groups in total. The number of fused-ring (bicyclic) bond motifs is 1. The molecule has 5 heteroatoms. The van der Waals surface area contributed by atoms with Gasteiger partial charge >= 0.3 is 0 Å². The van der Waals surface area contributed by atoms with Gasteiger partial charge in [-0.2, -0.15) is 0 Å². The van der Waals surface area contributed by atoms with Crippen molar-refractivity contribution >= 4 is 39.8 Å². The maximum Gasteiger partial charge on any atom is 0.194 e. The molecule has 2 heterocycles. The van der Waals surface area contributed by atoms with Gasteiger partial charge in [-0.3, -0.25) is 9.20 Å². The van der Waals surface area contributed by atoms with Crippen molar-refractivity contribution in [3.63, 3.8) is 0 Å². The van der Waals surface area contributed by atoms with E-state index >= 15 is 0 Å². The minimum Gasteiger partial charge on any atom is -0.290 e. The average Bonchev–Trinajstić information content (AvgIpc) is 3.18. The number of imidazole rings is 1. The van der Waals surface area contributed by atoms with Crippen molar-refractivity contribution in [2.24, 2.45) is 0 Å². The zero-order valence-corrected chi connectivity index (χ0v) is 17.4. The quantitative estimate of drug-likeness (QED) is 0.285. The van der Waals surface area contributed by atoms with Crippen molar-refractivity contribution in [2.75, 3.05) is 0 Å². The third-order valence-electron chi connectivity index (χ3n) is 4.78. The highest BCUT2D eigenvalue weighted by molar-refractivity contribution is 7.17. The molecule has 0 radical (unpaired) electrons. The lowest BCUT2D eigenvalue weighted by molar-refractivity contribution is 0.104. The van der Waals surface area contributed by atoms with Gasteiger partial charge in [-0.15, -0.1) is 11.3 Å². The van der Waals surface area contributed by atoms with Crippen molar-refractivity contribution in [1.82, 2.24) is 9.38 Å². The number of benzene rings is 2. The number of nitrogens with zero attached hydrogens (tertiary/aromatic N) is 2. The summed E-state index contributed by atoms with van der Waals surface area (Å²) in [4.78, 5) is 19.6. The molecule has 2 aromatic carbocycles. The van der Waals surface area contributed by atoms with Crippen LogP contribution >= 0.6 is 22.9 Å². The lowest BCUT2D eigenvalue weighted by atomic mass is 10.0. The smallest absolute Gasteiger partial charge is 0.194 e. The maximum atomic E-state index is 12.7. The van der Waals surface area contributed by atoms with Crippen molar-refractivity contribution in [1.29, 1.82) is 0 Å². The lowest BCUT2D eigenvalue weighted by Gasteiger charge is -2.03. The second-order valence-electron chi connectivity index (χ2n) is 6.84. The molecule has 0 saturated carbocycles. The molecule has 0 aliphatic rings. The monoisotopic (exact) mass is 406 g/mol. The average molecular weight is 407 g/mol. The molecule has 140 valence electrons. The summed E-state index contributed by atoms with van der Waals surface area (Å²) < 4.78 is 2.04. The molecule has 4 aromatic rings. The molecule has 28 heavy (non-hydrogen) atoms. The van der Waals surface area contributed by atoms with Gasteiger partial charge in [-0.25, -0.2) is 4.98 Å². The molecule has 0 bridgehead atoms. The molecular weight excluding hydrogens is 388 g/mol. The van der Waals surface area contributed by atoms with Crippen molar-refractivity contribution in [3.8, 4) is 11.3 Å². The molecule has 0 spiro atoms. The van der Waals surface area contributed by atoms with Crippen LogP contribution in [0.1, 0.15) is 32.1 Å². The lowest BCUT2D eigenvalue weighted by Crippen LogP contribution is -1.96. The first-order chi connectivity index (χ1) is 13.4. The van der Waals surface area contributed by atoms with Crippen LogP contribution in [-0.4, -0.2) is 15.2 Å². The first-order valence-corrected chi connectivity index (χ1v) is 10.2. The Labute approximate surface area is 172 Å². The molecule has 3 nitrogen and oxygen atoms in total. The number of allylic oxidation sites excluding steroid dienone is 1. The van der Waals surface area contributed by atoms with Gasteiger partial charge in [0.05, 0.1) is 11.4 Å². The van der Waals surface area contributed by atoms with E-state index in [-0.39, 0.29) is 5.78 Å². The van der Waals surface area contributed by atoms with E-state index in [1.807, 2.05) is 73.0 Å². The second-order valence-corrected chi connectivity index (χ2v) is 8.49. The molecule has 4 rings (SSSR count). The fraction of sp³-hybridized carbons (Fsp3) is 0.130. The normalized spacial score (nSPS) is 11.6. The van der Waals surface area contributed by atoms with Crippen LogP contribution in [0.15, 0.2) is 54.7 Å². The number of carbonyl (C=O) groups is 1. The van der Waals surface area contributed by atoms with Gasteiger partial charge in [-0.05, 0) is 62.2 Å². The molecular formula is C23H19ClN2OS. The van der Waals surface area contributed by atoms with E-state index in [1.165, 1.54) is 10.4 Å². The number of rotatable bonds is 4. The van der Waals surface area contributed by atoms with Crippen molar-refractivity contribution in [2.45, 2.75) is 20.8 Å². The summed E-state index contributed by atoms with van der Waals surface area (Å²) in [7, 11) is 0. The van der Waals surface area contributed by atoms with E-state index in [1.54, 1.807) is 17.4 Å². The SMILES string of the molecule is Cc1cn2c(C=CC(=O)c3ccc(C)c(C)c3)c(-c3ccc(Cl)cc3)nc2s1. The summed E-state index contributed by atoms with van der Waals surface area (Å²) in [6.07, 6.45) is 5.53. The summed E-state index contributed by atoms with van der Waals surface area (Å²) in [5.74, 6) is -0.0212. The number of hydrogen-bond donors (Lipinski definition) is 0. The van der Waals surface area contributed by atoms with Crippen LogP contribution in [0.2, 0.25) is 5.02 Å². The number of ketones is 1. The Morgan fingerprint density at radius 1 is 1.07 bits per heavy atom. The highest BCUT2D eigenvalue weighted by Crippen LogP contribution is 2.30. The highest BCUT2D eigenvalue weighted by Gasteiger charge is 2.14. The van der Waals surface area contributed by atoms with Crippen LogP contribution < -0.4 is 0 Å². The molecule has 0 fully saturated rings. The Kier molecular flexibility index (Phi) is 4.92. The predicted octanol–water partition coefficient (Wildman–Crippen LogP) is 6.54. The van der Waals surface area contributed by atoms with Gasteiger partial charge in [-0.1, -0.05) is 35.9 Å². The summed E-state index contributed by atoms with van der Waals surface area (Å²) in [5.41, 5.74) is 5.68. The molecule has 0 unspecified atom stereocenters. The molecule has 0 atom stereocenters. The zero-order chi connectivity index (χ0) is 19.8. The van der Waals surface area contributed by atoms with Crippen molar-refractivity contribution in [3.05, 3.63) is 87.0 Å². The van der Waals surface area contributed by atoms with E-state index in [9.17, 15) is 4.79 Å². The Hall–Kier alpha value is -2.69. The third kappa shape index (κ3) is 3.53. The second kappa shape index (κ2) is 7.38. The summed E-state index contributed by atoms with van der Waals surface area (Å²) >= 11 is 7.66. The Morgan fingerprint density at radius 3 is 2.54 bits per heavy atom. The van der Waals surface area contributed by atoms with Crippen LogP contribution in [0.3, 0.4) is 0 Å².